The van der Waals surface area contributed by atoms with E-state index in [1.165, 1.54) is 16.0 Å². The smallest absolute Gasteiger partial charge is 0.407 e. The van der Waals surface area contributed by atoms with Gasteiger partial charge in [0.2, 0.25) is 11.8 Å². The topological polar surface area (TPSA) is 125 Å². The molecule has 184 valence electrons. The highest BCUT2D eigenvalue weighted by Crippen LogP contribution is 2.44. The molecule has 2 aromatic rings. The molecule has 0 radical (unpaired) electrons. The molecule has 2 aromatic carbocycles. The van der Waals surface area contributed by atoms with Crippen molar-refractivity contribution in [2.75, 3.05) is 26.2 Å². The normalized spacial score (nSPS) is 16.7. The number of ether oxygens (including phenoxy) is 1. The van der Waals surface area contributed by atoms with Gasteiger partial charge in [-0.1, -0.05) is 48.5 Å². The highest BCUT2D eigenvalue weighted by Gasteiger charge is 2.34. The van der Waals surface area contributed by atoms with Gasteiger partial charge in [0.25, 0.3) is 0 Å². The van der Waals surface area contributed by atoms with Gasteiger partial charge in [0.15, 0.2) is 0 Å². The molecule has 1 fully saturated rings. The molecule has 3 N–H and O–H groups in total. The molecule has 9 heteroatoms. The van der Waals surface area contributed by atoms with Crippen molar-refractivity contribution in [1.29, 1.82) is 0 Å². The Labute approximate surface area is 203 Å². The number of hydrogen-bond donors (Lipinski definition) is 3. The van der Waals surface area contributed by atoms with Crippen LogP contribution in [-0.2, 0) is 19.1 Å². The molecule has 4 rings (SSSR count). The first-order valence-corrected chi connectivity index (χ1v) is 11.8. The maximum atomic E-state index is 12.5. The third-order valence-corrected chi connectivity index (χ3v) is 6.45. The van der Waals surface area contributed by atoms with Crippen molar-refractivity contribution in [3.05, 3.63) is 59.7 Å². The minimum atomic E-state index is -1.13. The number of carboxylic acids is 1. The number of carbonyl (C=O) groups is 4. The first kappa shape index (κ1) is 24.3. The summed E-state index contributed by atoms with van der Waals surface area (Å²) in [7, 11) is 0. The van der Waals surface area contributed by atoms with Crippen LogP contribution in [-0.4, -0.2) is 66.2 Å². The van der Waals surface area contributed by atoms with E-state index in [-0.39, 0.29) is 24.9 Å². The lowest BCUT2D eigenvalue weighted by Gasteiger charge is -2.34. The van der Waals surface area contributed by atoms with Crippen molar-refractivity contribution < 1.29 is 29.0 Å². The Bertz CT molecular complexity index is 1070. The van der Waals surface area contributed by atoms with Gasteiger partial charge in [-0.3, -0.25) is 14.4 Å². The molecule has 0 spiro atoms. The van der Waals surface area contributed by atoms with E-state index >= 15 is 0 Å². The van der Waals surface area contributed by atoms with Gasteiger partial charge in [-0.25, -0.2) is 4.79 Å². The van der Waals surface area contributed by atoms with E-state index in [9.17, 15) is 19.2 Å². The van der Waals surface area contributed by atoms with Gasteiger partial charge in [-0.15, -0.1) is 0 Å². The van der Waals surface area contributed by atoms with Crippen molar-refractivity contribution in [3.8, 4) is 11.1 Å². The predicted octanol–water partition coefficient (Wildman–Crippen LogP) is 2.50. The molecule has 0 saturated carbocycles. The van der Waals surface area contributed by atoms with E-state index in [0.717, 1.165) is 11.1 Å². The second kappa shape index (κ2) is 11.0. The standard InChI is InChI=1S/C26H29N3O6/c30-23(29-14-13-27-25(33)22(29)15-24(31)32)11-5-6-12-28-26(34)35-16-21-19-9-3-1-7-17(19)18-8-2-4-10-20(18)21/h1-4,7-10,21-22H,5-6,11-16H2,(H,27,33)(H,28,34)(H,31,32). The highest BCUT2D eigenvalue weighted by molar-refractivity contribution is 5.91. The van der Waals surface area contributed by atoms with Gasteiger partial charge < -0.3 is 25.4 Å². The van der Waals surface area contributed by atoms with Crippen LogP contribution in [0, 0.1) is 0 Å². The lowest BCUT2D eigenvalue weighted by Crippen LogP contribution is -2.57. The van der Waals surface area contributed by atoms with Crippen LogP contribution < -0.4 is 10.6 Å². The van der Waals surface area contributed by atoms with Crippen molar-refractivity contribution >= 4 is 23.9 Å². The molecular weight excluding hydrogens is 450 g/mol. The van der Waals surface area contributed by atoms with Gasteiger partial charge in [0.05, 0.1) is 6.42 Å². The number of piperazine rings is 1. The summed E-state index contributed by atoms with van der Waals surface area (Å²) in [4.78, 5) is 49.1. The van der Waals surface area contributed by atoms with E-state index in [1.54, 1.807) is 0 Å². The van der Waals surface area contributed by atoms with Crippen molar-refractivity contribution in [1.82, 2.24) is 15.5 Å². The van der Waals surface area contributed by atoms with Crippen LogP contribution >= 0.6 is 0 Å². The minimum absolute atomic E-state index is 0.00809. The van der Waals surface area contributed by atoms with E-state index in [2.05, 4.69) is 34.9 Å². The van der Waals surface area contributed by atoms with Crippen molar-refractivity contribution in [2.45, 2.75) is 37.6 Å². The quantitative estimate of drug-likeness (QED) is 0.475. The lowest BCUT2D eigenvalue weighted by atomic mass is 9.98. The summed E-state index contributed by atoms with van der Waals surface area (Å²) in [5, 5.41) is 14.3. The zero-order valence-electron chi connectivity index (χ0n) is 19.4. The van der Waals surface area contributed by atoms with Crippen LogP contribution in [0.25, 0.3) is 11.1 Å². The third-order valence-electron chi connectivity index (χ3n) is 6.45. The van der Waals surface area contributed by atoms with Crippen LogP contribution in [0.4, 0.5) is 4.79 Å². The van der Waals surface area contributed by atoms with Gasteiger partial charge in [-0.05, 0) is 35.1 Å². The third kappa shape index (κ3) is 5.62. The number of benzene rings is 2. The molecule has 0 bridgehead atoms. The zero-order chi connectivity index (χ0) is 24.8. The molecule has 35 heavy (non-hydrogen) atoms. The first-order chi connectivity index (χ1) is 17.0. The van der Waals surface area contributed by atoms with Gasteiger partial charge in [-0.2, -0.15) is 0 Å². The maximum absolute atomic E-state index is 12.5. The molecule has 0 aromatic heterocycles. The number of unbranched alkanes of at least 4 members (excludes halogenated alkanes) is 1. The Morgan fingerprint density at radius 1 is 1.03 bits per heavy atom. The number of fused-ring (bicyclic) bond motifs is 3. The number of rotatable bonds is 9. The molecule has 2 aliphatic rings. The number of amides is 3. The predicted molar refractivity (Wildman–Crippen MR) is 128 cm³/mol. The number of nitrogens with zero attached hydrogens (tertiary/aromatic N) is 1. The van der Waals surface area contributed by atoms with Crippen LogP contribution in [0.15, 0.2) is 48.5 Å². The molecule has 1 heterocycles. The first-order valence-electron chi connectivity index (χ1n) is 11.8. The number of alkyl carbamates (subject to hydrolysis) is 1. The number of carboxylic acid groups (broad SMARTS) is 1. The number of nitrogens with one attached hydrogen (secondary N) is 2. The van der Waals surface area contributed by atoms with Gasteiger partial charge in [0.1, 0.15) is 12.6 Å². The molecule has 9 nitrogen and oxygen atoms in total. The van der Waals surface area contributed by atoms with Crippen LogP contribution in [0.1, 0.15) is 42.7 Å². The Morgan fingerprint density at radius 3 is 2.34 bits per heavy atom. The summed E-state index contributed by atoms with van der Waals surface area (Å²) in [5.74, 6) is -1.83. The highest BCUT2D eigenvalue weighted by atomic mass is 16.5. The number of aliphatic carboxylic acids is 1. The summed E-state index contributed by atoms with van der Waals surface area (Å²) in [6.07, 6.45) is 0.309. The SMILES string of the molecule is O=C(O)CC1C(=O)NCCN1C(=O)CCCCNC(=O)OCC1c2ccccc2-c2ccccc21. The number of hydrogen-bond acceptors (Lipinski definition) is 5. The molecule has 1 aliphatic heterocycles. The summed E-state index contributed by atoms with van der Waals surface area (Å²) >= 11 is 0. The zero-order valence-corrected chi connectivity index (χ0v) is 19.4. The molecule has 1 aliphatic carbocycles. The minimum Gasteiger partial charge on any atom is -0.481 e. The fourth-order valence-electron chi connectivity index (χ4n) is 4.77. The summed E-state index contributed by atoms with van der Waals surface area (Å²) < 4.78 is 5.50. The summed E-state index contributed by atoms with van der Waals surface area (Å²) in [5.41, 5.74) is 4.62. The second-order valence-corrected chi connectivity index (χ2v) is 8.70. The van der Waals surface area contributed by atoms with Crippen molar-refractivity contribution in [3.63, 3.8) is 0 Å². The summed E-state index contributed by atoms with van der Waals surface area (Å²) in [6, 6.07) is 15.3. The fourth-order valence-corrected chi connectivity index (χ4v) is 4.77. The average Bonchev–Trinajstić information content (AvgIpc) is 3.17. The van der Waals surface area contributed by atoms with E-state index < -0.39 is 30.4 Å². The van der Waals surface area contributed by atoms with E-state index in [4.69, 9.17) is 9.84 Å². The van der Waals surface area contributed by atoms with Gasteiger partial charge in [0, 0.05) is 32.0 Å². The fraction of sp³-hybridized carbons (Fsp3) is 0.385. The maximum Gasteiger partial charge on any atom is 0.407 e. The number of carbonyl (C=O) groups excluding carboxylic acids is 3. The van der Waals surface area contributed by atoms with Gasteiger partial charge >= 0.3 is 12.1 Å². The molecular formula is C26H29N3O6. The Hall–Kier alpha value is -3.88. The van der Waals surface area contributed by atoms with E-state index in [0.29, 0.717) is 32.5 Å². The average molecular weight is 480 g/mol. The molecule has 1 atom stereocenters. The van der Waals surface area contributed by atoms with E-state index in [1.807, 2.05) is 24.3 Å². The van der Waals surface area contributed by atoms with Crippen LogP contribution in [0.2, 0.25) is 0 Å². The Morgan fingerprint density at radius 2 is 1.69 bits per heavy atom. The second-order valence-electron chi connectivity index (χ2n) is 8.70. The monoisotopic (exact) mass is 479 g/mol. The lowest BCUT2D eigenvalue weighted by molar-refractivity contribution is -0.148. The molecule has 3 amide bonds. The van der Waals surface area contributed by atoms with Crippen molar-refractivity contribution in [2.24, 2.45) is 0 Å². The largest absolute Gasteiger partial charge is 0.481 e. The van der Waals surface area contributed by atoms with Crippen LogP contribution in [0.5, 0.6) is 0 Å². The molecule has 1 unspecified atom stereocenters. The Balaban J connectivity index is 1.19. The van der Waals surface area contributed by atoms with Crippen LogP contribution in [0.3, 0.4) is 0 Å². The Kier molecular flexibility index (Phi) is 7.64. The summed E-state index contributed by atoms with van der Waals surface area (Å²) in [6.45, 7) is 1.19. The molecule has 1 saturated heterocycles.